The zero-order valence-corrected chi connectivity index (χ0v) is 9.47. The molecule has 80 valence electrons. The predicted octanol–water partition coefficient (Wildman–Crippen LogP) is 0.852. The second-order valence-corrected chi connectivity index (χ2v) is 3.82. The topological polar surface area (TPSA) is 50.1 Å². The molecular weight excluding hydrogens is 202 g/mol. The number of aryl methyl sites for hydroxylation is 2. The quantitative estimate of drug-likeness (QED) is 0.787. The first kappa shape index (κ1) is 11.5. The van der Waals surface area contributed by atoms with Crippen LogP contribution in [-0.4, -0.2) is 27.5 Å². The Kier molecular flexibility index (Phi) is 3.92. The maximum atomic E-state index is 9.06. The van der Waals surface area contributed by atoms with Gasteiger partial charge in [-0.3, -0.25) is 4.68 Å². The molecule has 0 radical (unpaired) electrons. The molecule has 0 fully saturated rings. The number of hydrogen-bond donors (Lipinski definition) is 2. The van der Waals surface area contributed by atoms with Gasteiger partial charge in [0.05, 0.1) is 11.8 Å². The lowest BCUT2D eigenvalue weighted by molar-refractivity contribution is 0.191. The van der Waals surface area contributed by atoms with Gasteiger partial charge >= 0.3 is 0 Å². The van der Waals surface area contributed by atoms with Crippen molar-refractivity contribution in [3.8, 4) is 0 Å². The van der Waals surface area contributed by atoms with E-state index >= 15 is 0 Å². The fourth-order valence-electron chi connectivity index (χ4n) is 1.28. The molecule has 0 spiro atoms. The van der Waals surface area contributed by atoms with Gasteiger partial charge < -0.3 is 10.4 Å². The van der Waals surface area contributed by atoms with E-state index in [9.17, 15) is 0 Å². The Morgan fingerprint density at radius 2 is 2.29 bits per heavy atom. The van der Waals surface area contributed by atoms with Gasteiger partial charge in [0.25, 0.3) is 0 Å². The number of hydrogen-bond acceptors (Lipinski definition) is 3. The van der Waals surface area contributed by atoms with Gasteiger partial charge in [-0.25, -0.2) is 0 Å². The van der Waals surface area contributed by atoms with E-state index in [0.717, 1.165) is 11.3 Å². The third kappa shape index (κ3) is 2.70. The van der Waals surface area contributed by atoms with Crippen LogP contribution in [0.4, 0.5) is 0 Å². The summed E-state index contributed by atoms with van der Waals surface area (Å²) in [5.74, 6) is 0. The molecule has 2 N–H and O–H groups in total. The summed E-state index contributed by atoms with van der Waals surface area (Å²) in [6.07, 6.45) is -0.342. The Hall–Kier alpha value is -0.580. The van der Waals surface area contributed by atoms with Crippen LogP contribution in [0.1, 0.15) is 18.2 Å². The summed E-state index contributed by atoms with van der Waals surface area (Å²) in [5, 5.41) is 17.0. The smallest absolute Gasteiger partial charge is 0.131 e. The monoisotopic (exact) mass is 217 g/mol. The number of nitrogens with zero attached hydrogens (tertiary/aromatic N) is 2. The molecule has 1 aromatic heterocycles. The first-order valence-corrected chi connectivity index (χ1v) is 4.97. The van der Waals surface area contributed by atoms with E-state index in [1.165, 1.54) is 0 Å². The minimum Gasteiger partial charge on any atom is -0.392 e. The van der Waals surface area contributed by atoms with Gasteiger partial charge in [-0.2, -0.15) is 5.10 Å². The molecule has 1 unspecified atom stereocenters. The maximum absolute atomic E-state index is 9.06. The SMILES string of the molecule is Cc1nn(C)c(Cl)c1CNCC(C)O. The van der Waals surface area contributed by atoms with Crippen molar-refractivity contribution in [2.75, 3.05) is 6.54 Å². The fraction of sp³-hybridized carbons (Fsp3) is 0.667. The van der Waals surface area contributed by atoms with Crippen molar-refractivity contribution in [2.24, 2.45) is 7.05 Å². The summed E-state index contributed by atoms with van der Waals surface area (Å²) in [6, 6.07) is 0. The van der Waals surface area contributed by atoms with Crippen LogP contribution in [0.25, 0.3) is 0 Å². The summed E-state index contributed by atoms with van der Waals surface area (Å²) in [7, 11) is 1.81. The Labute approximate surface area is 88.9 Å². The molecule has 0 saturated carbocycles. The molecule has 1 aromatic rings. The van der Waals surface area contributed by atoms with Crippen molar-refractivity contribution < 1.29 is 5.11 Å². The van der Waals surface area contributed by atoms with E-state index in [0.29, 0.717) is 18.2 Å². The summed E-state index contributed by atoms with van der Waals surface area (Å²) < 4.78 is 1.65. The molecule has 0 aliphatic carbocycles. The van der Waals surface area contributed by atoms with Crippen molar-refractivity contribution in [1.82, 2.24) is 15.1 Å². The Morgan fingerprint density at radius 3 is 2.71 bits per heavy atom. The average molecular weight is 218 g/mol. The normalized spacial score (nSPS) is 13.2. The number of nitrogens with one attached hydrogen (secondary N) is 1. The molecule has 1 atom stereocenters. The summed E-state index contributed by atoms with van der Waals surface area (Å²) in [6.45, 7) is 4.87. The molecule has 0 aromatic carbocycles. The highest BCUT2D eigenvalue weighted by Crippen LogP contribution is 2.17. The van der Waals surface area contributed by atoms with Gasteiger partial charge in [0.2, 0.25) is 0 Å². The van der Waals surface area contributed by atoms with Crippen molar-refractivity contribution in [2.45, 2.75) is 26.5 Å². The number of halogens is 1. The Bertz CT molecular complexity index is 309. The van der Waals surface area contributed by atoms with Crippen LogP contribution in [-0.2, 0) is 13.6 Å². The molecule has 0 aliphatic heterocycles. The van der Waals surface area contributed by atoms with Crippen molar-refractivity contribution >= 4 is 11.6 Å². The first-order valence-electron chi connectivity index (χ1n) is 4.59. The van der Waals surface area contributed by atoms with Crippen LogP contribution in [0.15, 0.2) is 0 Å². The lowest BCUT2D eigenvalue weighted by Gasteiger charge is -2.06. The van der Waals surface area contributed by atoms with Crippen molar-refractivity contribution in [3.63, 3.8) is 0 Å². The molecule has 5 heteroatoms. The largest absolute Gasteiger partial charge is 0.392 e. The van der Waals surface area contributed by atoms with E-state index in [4.69, 9.17) is 16.7 Å². The molecule has 0 aliphatic rings. The van der Waals surface area contributed by atoms with Crippen LogP contribution in [0.2, 0.25) is 5.15 Å². The summed E-state index contributed by atoms with van der Waals surface area (Å²) in [5.41, 5.74) is 1.92. The van der Waals surface area contributed by atoms with E-state index in [-0.39, 0.29) is 6.10 Å². The Morgan fingerprint density at radius 1 is 1.64 bits per heavy atom. The molecular formula is C9H16ClN3O. The number of aliphatic hydroxyl groups is 1. The lowest BCUT2D eigenvalue weighted by atomic mass is 10.2. The predicted molar refractivity (Wildman–Crippen MR) is 56.3 cm³/mol. The summed E-state index contributed by atoms with van der Waals surface area (Å²) >= 11 is 6.03. The highest BCUT2D eigenvalue weighted by Gasteiger charge is 2.10. The van der Waals surface area contributed by atoms with Gasteiger partial charge in [0, 0.05) is 25.7 Å². The molecule has 4 nitrogen and oxygen atoms in total. The molecule has 0 amide bonds. The van der Waals surface area contributed by atoms with Crippen LogP contribution in [0.5, 0.6) is 0 Å². The second-order valence-electron chi connectivity index (χ2n) is 3.46. The van der Waals surface area contributed by atoms with Crippen LogP contribution in [0, 0.1) is 6.92 Å². The van der Waals surface area contributed by atoms with E-state index < -0.39 is 0 Å². The lowest BCUT2D eigenvalue weighted by Crippen LogP contribution is -2.24. The number of aromatic nitrogens is 2. The molecule has 14 heavy (non-hydrogen) atoms. The molecule has 1 heterocycles. The van der Waals surface area contributed by atoms with Crippen molar-refractivity contribution in [1.29, 1.82) is 0 Å². The third-order valence-electron chi connectivity index (χ3n) is 2.01. The Balaban J connectivity index is 2.58. The minimum atomic E-state index is -0.342. The van der Waals surface area contributed by atoms with Crippen molar-refractivity contribution in [3.05, 3.63) is 16.4 Å². The highest BCUT2D eigenvalue weighted by molar-refractivity contribution is 6.30. The van der Waals surface area contributed by atoms with Gasteiger partial charge in [0.15, 0.2) is 0 Å². The van der Waals surface area contributed by atoms with Crippen LogP contribution < -0.4 is 5.32 Å². The van der Waals surface area contributed by atoms with E-state index in [2.05, 4.69) is 10.4 Å². The molecule has 0 saturated heterocycles. The van der Waals surface area contributed by atoms with Crippen LogP contribution >= 0.6 is 11.6 Å². The van der Waals surface area contributed by atoms with E-state index in [1.807, 2.05) is 14.0 Å². The zero-order chi connectivity index (χ0) is 10.7. The fourth-order valence-corrected chi connectivity index (χ4v) is 1.52. The minimum absolute atomic E-state index is 0.342. The number of rotatable bonds is 4. The van der Waals surface area contributed by atoms with Gasteiger partial charge in [-0.05, 0) is 13.8 Å². The standard InChI is InChI=1S/C9H16ClN3O/c1-6(14)4-11-5-8-7(2)12-13(3)9(8)10/h6,11,14H,4-5H2,1-3H3. The van der Waals surface area contributed by atoms with Gasteiger partial charge in [0.1, 0.15) is 5.15 Å². The first-order chi connectivity index (χ1) is 6.52. The molecule has 1 rings (SSSR count). The summed E-state index contributed by atoms with van der Waals surface area (Å²) in [4.78, 5) is 0. The highest BCUT2D eigenvalue weighted by atomic mass is 35.5. The van der Waals surface area contributed by atoms with E-state index in [1.54, 1.807) is 11.6 Å². The van der Waals surface area contributed by atoms with Gasteiger partial charge in [-0.15, -0.1) is 0 Å². The average Bonchev–Trinajstić information content (AvgIpc) is 2.31. The third-order valence-corrected chi connectivity index (χ3v) is 2.48. The number of aliphatic hydroxyl groups excluding tert-OH is 1. The van der Waals surface area contributed by atoms with Gasteiger partial charge in [-0.1, -0.05) is 11.6 Å². The molecule has 0 bridgehead atoms. The second kappa shape index (κ2) is 4.77. The van der Waals surface area contributed by atoms with Crippen LogP contribution in [0.3, 0.4) is 0 Å². The maximum Gasteiger partial charge on any atom is 0.131 e. The zero-order valence-electron chi connectivity index (χ0n) is 8.71.